The van der Waals surface area contributed by atoms with Gasteiger partial charge in [-0.3, -0.25) is 0 Å². The average molecular weight is 375 g/mol. The molecule has 1 heterocycles. The molecule has 0 saturated carbocycles. The van der Waals surface area contributed by atoms with Crippen molar-refractivity contribution >= 4 is 26.8 Å². The van der Waals surface area contributed by atoms with Gasteiger partial charge in [0, 0.05) is 21.0 Å². The number of aromatic nitrogens is 2. The Morgan fingerprint density at radius 3 is 2.12 bits per heavy atom. The van der Waals surface area contributed by atoms with Crippen LogP contribution in [0.25, 0.3) is 33.5 Å². The normalized spacial score (nSPS) is 10.9. The van der Waals surface area contributed by atoms with Crippen LogP contribution in [-0.4, -0.2) is 9.97 Å². The number of benzene rings is 3. The Morgan fingerprint density at radius 1 is 0.708 bits per heavy atom. The van der Waals surface area contributed by atoms with Crippen LogP contribution < -0.4 is 0 Å². The van der Waals surface area contributed by atoms with Crippen LogP contribution in [0.3, 0.4) is 0 Å². The first kappa shape index (κ1) is 15.0. The van der Waals surface area contributed by atoms with Gasteiger partial charge >= 0.3 is 0 Å². The van der Waals surface area contributed by atoms with Gasteiger partial charge in [-0.15, -0.1) is 0 Å². The van der Waals surface area contributed by atoms with Crippen LogP contribution in [-0.2, 0) is 0 Å². The fourth-order valence-corrected chi connectivity index (χ4v) is 3.00. The highest BCUT2D eigenvalue weighted by Crippen LogP contribution is 2.29. The molecule has 0 aliphatic rings. The quantitative estimate of drug-likeness (QED) is 0.427. The molecule has 2 nitrogen and oxygen atoms in total. The standard InChI is InChI=1S/C21H15BrN2/c1-14-6-8-15(9-7-14)20-18-4-2-3-5-19(18)23-21(24-20)16-10-12-17(22)13-11-16/h2-13H,1H3. The van der Waals surface area contributed by atoms with Gasteiger partial charge in [-0.25, -0.2) is 9.97 Å². The third kappa shape index (κ3) is 2.83. The van der Waals surface area contributed by atoms with Crippen molar-refractivity contribution in [2.45, 2.75) is 6.92 Å². The van der Waals surface area contributed by atoms with E-state index in [0.29, 0.717) is 0 Å². The van der Waals surface area contributed by atoms with E-state index in [1.807, 2.05) is 42.5 Å². The minimum Gasteiger partial charge on any atom is -0.228 e. The molecular weight excluding hydrogens is 360 g/mol. The Morgan fingerprint density at radius 2 is 1.38 bits per heavy atom. The number of nitrogens with zero attached hydrogens (tertiary/aromatic N) is 2. The van der Waals surface area contributed by atoms with Gasteiger partial charge in [-0.1, -0.05) is 76.1 Å². The first-order chi connectivity index (χ1) is 11.7. The Labute approximate surface area is 149 Å². The second-order valence-corrected chi connectivity index (χ2v) is 6.70. The van der Waals surface area contributed by atoms with Gasteiger partial charge in [0.2, 0.25) is 0 Å². The van der Waals surface area contributed by atoms with Gasteiger partial charge in [0.15, 0.2) is 5.82 Å². The minimum absolute atomic E-state index is 0.747. The predicted molar refractivity (Wildman–Crippen MR) is 103 cm³/mol. The van der Waals surface area contributed by atoms with Crippen molar-refractivity contribution in [1.82, 2.24) is 9.97 Å². The zero-order chi connectivity index (χ0) is 16.5. The number of aryl methyl sites for hydroxylation is 1. The molecule has 3 aromatic carbocycles. The first-order valence-corrected chi connectivity index (χ1v) is 8.60. The van der Waals surface area contributed by atoms with Gasteiger partial charge in [0.1, 0.15) is 0 Å². The van der Waals surface area contributed by atoms with Crippen LogP contribution in [0, 0.1) is 6.92 Å². The van der Waals surface area contributed by atoms with E-state index in [9.17, 15) is 0 Å². The third-order valence-corrected chi connectivity index (χ3v) is 4.56. The molecule has 1 aromatic heterocycles. The van der Waals surface area contributed by atoms with E-state index in [-0.39, 0.29) is 0 Å². The zero-order valence-corrected chi connectivity index (χ0v) is 14.8. The van der Waals surface area contributed by atoms with E-state index in [0.717, 1.165) is 38.0 Å². The van der Waals surface area contributed by atoms with Crippen LogP contribution >= 0.6 is 15.9 Å². The van der Waals surface area contributed by atoms with E-state index in [2.05, 4.69) is 53.2 Å². The maximum atomic E-state index is 4.87. The number of para-hydroxylation sites is 1. The van der Waals surface area contributed by atoms with Crippen LogP contribution in [0.4, 0.5) is 0 Å². The van der Waals surface area contributed by atoms with E-state index in [1.165, 1.54) is 5.56 Å². The summed E-state index contributed by atoms with van der Waals surface area (Å²) in [6.07, 6.45) is 0. The van der Waals surface area contributed by atoms with Gasteiger partial charge in [-0.2, -0.15) is 0 Å². The summed E-state index contributed by atoms with van der Waals surface area (Å²) >= 11 is 3.47. The smallest absolute Gasteiger partial charge is 0.160 e. The minimum atomic E-state index is 0.747. The lowest BCUT2D eigenvalue weighted by atomic mass is 10.0. The highest BCUT2D eigenvalue weighted by molar-refractivity contribution is 9.10. The fourth-order valence-electron chi connectivity index (χ4n) is 2.74. The summed E-state index contributed by atoms with van der Waals surface area (Å²) in [5, 5.41) is 1.07. The van der Waals surface area contributed by atoms with Crippen LogP contribution in [0.1, 0.15) is 5.56 Å². The summed E-state index contributed by atoms with van der Waals surface area (Å²) < 4.78 is 1.05. The molecule has 3 heteroatoms. The predicted octanol–water partition coefficient (Wildman–Crippen LogP) is 6.03. The first-order valence-electron chi connectivity index (χ1n) is 7.80. The van der Waals surface area contributed by atoms with Crippen molar-refractivity contribution in [2.24, 2.45) is 0 Å². The Balaban J connectivity index is 1.97. The highest BCUT2D eigenvalue weighted by atomic mass is 79.9. The second-order valence-electron chi connectivity index (χ2n) is 5.79. The Bertz CT molecular complexity index is 1010. The van der Waals surface area contributed by atoms with E-state index >= 15 is 0 Å². The summed E-state index contributed by atoms with van der Waals surface area (Å²) in [5.74, 6) is 0.747. The van der Waals surface area contributed by atoms with Crippen molar-refractivity contribution in [3.05, 3.63) is 82.8 Å². The Hall–Kier alpha value is -2.52. The molecule has 0 spiro atoms. The van der Waals surface area contributed by atoms with Crippen LogP contribution in [0.5, 0.6) is 0 Å². The van der Waals surface area contributed by atoms with Crippen molar-refractivity contribution in [2.75, 3.05) is 0 Å². The summed E-state index contributed by atoms with van der Waals surface area (Å²) in [7, 11) is 0. The highest BCUT2D eigenvalue weighted by Gasteiger charge is 2.11. The van der Waals surface area contributed by atoms with E-state index in [1.54, 1.807) is 0 Å². The molecule has 0 saturated heterocycles. The molecule has 0 unspecified atom stereocenters. The fraction of sp³-hybridized carbons (Fsp3) is 0.0476. The molecule has 24 heavy (non-hydrogen) atoms. The second kappa shape index (κ2) is 6.17. The number of fused-ring (bicyclic) bond motifs is 1. The summed E-state index contributed by atoms with van der Waals surface area (Å²) in [6.45, 7) is 2.09. The van der Waals surface area contributed by atoms with Crippen LogP contribution in [0.15, 0.2) is 77.3 Å². The van der Waals surface area contributed by atoms with Crippen molar-refractivity contribution in [3.63, 3.8) is 0 Å². The van der Waals surface area contributed by atoms with Gasteiger partial charge in [0.25, 0.3) is 0 Å². The summed E-state index contributed by atoms with van der Waals surface area (Å²) in [5.41, 5.74) is 5.29. The lowest BCUT2D eigenvalue weighted by molar-refractivity contribution is 1.23. The maximum Gasteiger partial charge on any atom is 0.160 e. The van der Waals surface area contributed by atoms with Crippen molar-refractivity contribution in [1.29, 1.82) is 0 Å². The third-order valence-electron chi connectivity index (χ3n) is 4.03. The SMILES string of the molecule is Cc1ccc(-c2nc(-c3ccc(Br)cc3)nc3ccccc23)cc1. The van der Waals surface area contributed by atoms with Crippen molar-refractivity contribution in [3.8, 4) is 22.6 Å². The summed E-state index contributed by atoms with van der Waals surface area (Å²) in [4.78, 5) is 9.63. The molecule has 0 radical (unpaired) electrons. The Kier molecular flexibility index (Phi) is 3.87. The number of halogens is 1. The lowest BCUT2D eigenvalue weighted by Gasteiger charge is -2.09. The molecular formula is C21H15BrN2. The molecule has 4 aromatic rings. The topological polar surface area (TPSA) is 25.8 Å². The molecule has 0 N–H and O–H groups in total. The van der Waals surface area contributed by atoms with Crippen molar-refractivity contribution < 1.29 is 0 Å². The molecule has 0 aliphatic heterocycles. The van der Waals surface area contributed by atoms with Crippen LogP contribution in [0.2, 0.25) is 0 Å². The van der Waals surface area contributed by atoms with Gasteiger partial charge in [-0.05, 0) is 25.1 Å². The van der Waals surface area contributed by atoms with E-state index < -0.39 is 0 Å². The number of hydrogen-bond donors (Lipinski definition) is 0. The monoisotopic (exact) mass is 374 g/mol. The summed E-state index contributed by atoms with van der Waals surface area (Å²) in [6, 6.07) is 24.7. The molecule has 0 aliphatic carbocycles. The molecule has 0 atom stereocenters. The van der Waals surface area contributed by atoms with E-state index in [4.69, 9.17) is 9.97 Å². The number of rotatable bonds is 2. The average Bonchev–Trinajstić information content (AvgIpc) is 2.62. The molecule has 0 bridgehead atoms. The molecule has 4 rings (SSSR count). The number of hydrogen-bond acceptors (Lipinski definition) is 2. The molecule has 0 amide bonds. The molecule has 0 fully saturated rings. The lowest BCUT2D eigenvalue weighted by Crippen LogP contribution is -1.95. The largest absolute Gasteiger partial charge is 0.228 e. The zero-order valence-electron chi connectivity index (χ0n) is 13.2. The molecule has 116 valence electrons. The van der Waals surface area contributed by atoms with Gasteiger partial charge < -0.3 is 0 Å². The maximum absolute atomic E-state index is 4.87. The van der Waals surface area contributed by atoms with Gasteiger partial charge in [0.05, 0.1) is 11.2 Å².